The molecule has 2 aromatic heterocycles. The van der Waals surface area contributed by atoms with Gasteiger partial charge in [0.1, 0.15) is 11.6 Å². The molecule has 1 amide bonds. The van der Waals surface area contributed by atoms with Gasteiger partial charge in [-0.05, 0) is 47.2 Å². The first-order valence-electron chi connectivity index (χ1n) is 12.7. The number of pyridine rings is 1. The summed E-state index contributed by atoms with van der Waals surface area (Å²) in [5.74, 6) is -1.66. The van der Waals surface area contributed by atoms with Crippen molar-refractivity contribution in [3.8, 4) is 0 Å². The molecule has 0 bridgehead atoms. The van der Waals surface area contributed by atoms with E-state index in [1.807, 2.05) is 4.90 Å². The Hall–Kier alpha value is -4.19. The number of oxazole rings is 1. The SMILES string of the molecule is O=C(Cc1ccc(N2CCN(C(=O)Cc3ccccc3F)CC2)nc1)c1oc(Sc2ccccc2)nc1C(F)(F)F. The molecule has 0 N–H and O–H groups in total. The maximum absolute atomic E-state index is 13.9. The van der Waals surface area contributed by atoms with Gasteiger partial charge in [0.25, 0.3) is 5.22 Å². The second-order valence-corrected chi connectivity index (χ2v) is 10.4. The van der Waals surface area contributed by atoms with E-state index in [-0.39, 0.29) is 24.0 Å². The zero-order chi connectivity index (χ0) is 29.0. The average molecular weight is 585 g/mol. The average Bonchev–Trinajstić information content (AvgIpc) is 3.40. The van der Waals surface area contributed by atoms with E-state index in [1.54, 1.807) is 65.6 Å². The van der Waals surface area contributed by atoms with E-state index in [1.165, 1.54) is 12.3 Å². The van der Waals surface area contributed by atoms with Gasteiger partial charge >= 0.3 is 6.18 Å². The lowest BCUT2D eigenvalue weighted by Crippen LogP contribution is -2.49. The van der Waals surface area contributed by atoms with Crippen LogP contribution in [-0.4, -0.2) is 52.7 Å². The second-order valence-electron chi connectivity index (χ2n) is 9.33. The zero-order valence-corrected chi connectivity index (χ0v) is 22.4. The largest absolute Gasteiger partial charge is 0.437 e. The lowest BCUT2D eigenvalue weighted by Gasteiger charge is -2.35. The number of alkyl halides is 3. The van der Waals surface area contributed by atoms with Gasteiger partial charge in [0.15, 0.2) is 5.69 Å². The van der Waals surface area contributed by atoms with E-state index in [4.69, 9.17) is 4.42 Å². The number of halogens is 4. The van der Waals surface area contributed by atoms with E-state index in [2.05, 4.69) is 9.97 Å². The van der Waals surface area contributed by atoms with Gasteiger partial charge in [-0.15, -0.1) is 0 Å². The van der Waals surface area contributed by atoms with Crippen LogP contribution in [0.1, 0.15) is 27.4 Å². The van der Waals surface area contributed by atoms with Crippen LogP contribution >= 0.6 is 11.8 Å². The Morgan fingerprint density at radius 3 is 2.27 bits per heavy atom. The molecule has 5 rings (SSSR count). The predicted octanol–water partition coefficient (Wildman–Crippen LogP) is 5.70. The van der Waals surface area contributed by atoms with Gasteiger partial charge < -0.3 is 14.2 Å². The number of carbonyl (C=O) groups is 2. The van der Waals surface area contributed by atoms with Crippen molar-refractivity contribution in [3.05, 3.63) is 101 Å². The smallest absolute Gasteiger partial charge is 0.427 e. The van der Waals surface area contributed by atoms with Gasteiger partial charge in [0.2, 0.25) is 17.5 Å². The number of amides is 1. The van der Waals surface area contributed by atoms with Gasteiger partial charge in [0.05, 0.1) is 6.42 Å². The Kier molecular flexibility index (Phi) is 8.39. The van der Waals surface area contributed by atoms with Crippen molar-refractivity contribution in [2.24, 2.45) is 0 Å². The molecule has 1 aliphatic heterocycles. The van der Waals surface area contributed by atoms with Crippen LogP contribution in [0.25, 0.3) is 0 Å². The fraction of sp³-hybridized carbons (Fsp3) is 0.241. The molecule has 7 nitrogen and oxygen atoms in total. The summed E-state index contributed by atoms with van der Waals surface area (Å²) in [7, 11) is 0. The number of hydrogen-bond donors (Lipinski definition) is 0. The maximum Gasteiger partial charge on any atom is 0.437 e. The van der Waals surface area contributed by atoms with Crippen LogP contribution < -0.4 is 4.90 Å². The summed E-state index contributed by atoms with van der Waals surface area (Å²) in [4.78, 5) is 37.6. The summed E-state index contributed by atoms with van der Waals surface area (Å²) in [6.45, 7) is 1.88. The molecule has 1 fully saturated rings. The van der Waals surface area contributed by atoms with Gasteiger partial charge in [-0.2, -0.15) is 18.2 Å². The van der Waals surface area contributed by atoms with E-state index in [0.717, 1.165) is 11.8 Å². The zero-order valence-electron chi connectivity index (χ0n) is 21.6. The van der Waals surface area contributed by atoms with Crippen molar-refractivity contribution in [1.82, 2.24) is 14.9 Å². The van der Waals surface area contributed by atoms with Crippen LogP contribution in [0, 0.1) is 5.82 Å². The molecule has 0 unspecified atom stereocenters. The van der Waals surface area contributed by atoms with Crippen molar-refractivity contribution in [3.63, 3.8) is 0 Å². The number of rotatable bonds is 8. The minimum absolute atomic E-state index is 0.0126. The topological polar surface area (TPSA) is 79.5 Å². The number of nitrogens with zero attached hydrogens (tertiary/aromatic N) is 4. The second kappa shape index (κ2) is 12.1. The molecule has 3 heterocycles. The van der Waals surface area contributed by atoms with Gasteiger partial charge in [-0.3, -0.25) is 9.59 Å². The van der Waals surface area contributed by atoms with Crippen LogP contribution in [0.15, 0.2) is 87.5 Å². The van der Waals surface area contributed by atoms with Crippen molar-refractivity contribution in [2.45, 2.75) is 29.1 Å². The van der Waals surface area contributed by atoms with Crippen molar-refractivity contribution < 1.29 is 31.6 Å². The molecule has 1 saturated heterocycles. The monoisotopic (exact) mass is 584 g/mol. The Morgan fingerprint density at radius 1 is 0.902 bits per heavy atom. The number of anilines is 1. The number of piperazine rings is 1. The number of Topliss-reactive ketones (excluding diaryl/α,β-unsaturated/α-hetero) is 1. The number of carbonyl (C=O) groups excluding carboxylic acids is 2. The van der Waals surface area contributed by atoms with Gasteiger partial charge in [0, 0.05) is 43.7 Å². The number of aromatic nitrogens is 2. The summed E-state index contributed by atoms with van der Waals surface area (Å²) in [6, 6.07) is 18.1. The molecule has 1 aliphatic rings. The van der Waals surface area contributed by atoms with E-state index >= 15 is 0 Å². The highest BCUT2D eigenvalue weighted by Gasteiger charge is 2.41. The molecule has 4 aromatic rings. The van der Waals surface area contributed by atoms with Crippen LogP contribution in [0.4, 0.5) is 23.4 Å². The first-order valence-corrected chi connectivity index (χ1v) is 13.5. The maximum atomic E-state index is 13.9. The highest BCUT2D eigenvalue weighted by atomic mass is 32.2. The van der Waals surface area contributed by atoms with E-state index in [0.29, 0.717) is 48.0 Å². The predicted molar refractivity (Wildman–Crippen MR) is 143 cm³/mol. The summed E-state index contributed by atoms with van der Waals surface area (Å²) >= 11 is 0.894. The molecule has 0 radical (unpaired) electrons. The lowest BCUT2D eigenvalue weighted by molar-refractivity contribution is -0.141. The van der Waals surface area contributed by atoms with E-state index in [9.17, 15) is 27.2 Å². The van der Waals surface area contributed by atoms with Crippen LogP contribution in [-0.2, 0) is 23.8 Å². The molecule has 212 valence electrons. The minimum Gasteiger partial charge on any atom is -0.427 e. The van der Waals surface area contributed by atoms with Crippen molar-refractivity contribution in [2.75, 3.05) is 31.1 Å². The molecule has 0 saturated carbocycles. The number of benzene rings is 2. The van der Waals surface area contributed by atoms with Crippen LogP contribution in [0.5, 0.6) is 0 Å². The standard InChI is InChI=1S/C29H24F4N4O3S/c30-22-9-5-4-6-20(22)17-25(39)37-14-12-36(13-15-37)24-11-10-19(18-34-24)16-23(38)26-27(29(31,32)33)35-28(40-26)41-21-7-2-1-3-8-21/h1-11,18H,12-17H2. The highest BCUT2D eigenvalue weighted by molar-refractivity contribution is 7.99. The third kappa shape index (κ3) is 6.94. The van der Waals surface area contributed by atoms with E-state index < -0.39 is 29.2 Å². The molecule has 12 heteroatoms. The minimum atomic E-state index is -4.86. The quantitative estimate of drug-likeness (QED) is 0.194. The molecule has 0 aliphatic carbocycles. The highest BCUT2D eigenvalue weighted by Crippen LogP contribution is 2.36. The Bertz CT molecular complexity index is 1520. The fourth-order valence-electron chi connectivity index (χ4n) is 4.39. The molecule has 41 heavy (non-hydrogen) atoms. The van der Waals surface area contributed by atoms with Crippen molar-refractivity contribution >= 4 is 29.3 Å². The molecule has 0 spiro atoms. The molecule has 2 aromatic carbocycles. The Morgan fingerprint density at radius 2 is 1.61 bits per heavy atom. The van der Waals surface area contributed by atoms with Gasteiger partial charge in [-0.25, -0.2) is 9.37 Å². The van der Waals surface area contributed by atoms with Crippen molar-refractivity contribution in [1.29, 1.82) is 0 Å². The first kappa shape index (κ1) is 28.3. The third-order valence-corrected chi connectivity index (χ3v) is 7.36. The molecular weight excluding hydrogens is 560 g/mol. The summed E-state index contributed by atoms with van der Waals surface area (Å²) in [6.07, 6.45) is -3.78. The first-order chi connectivity index (χ1) is 19.7. The Labute approximate surface area is 237 Å². The molecular formula is C29H24F4N4O3S. The molecule has 0 atom stereocenters. The summed E-state index contributed by atoms with van der Waals surface area (Å²) < 4.78 is 60.0. The number of hydrogen-bond acceptors (Lipinski definition) is 7. The summed E-state index contributed by atoms with van der Waals surface area (Å²) in [5, 5.41) is -0.271. The number of ketones is 1. The van der Waals surface area contributed by atoms with Crippen LogP contribution in [0.3, 0.4) is 0 Å². The normalized spacial score (nSPS) is 13.9. The summed E-state index contributed by atoms with van der Waals surface area (Å²) in [5.41, 5.74) is -0.585. The van der Waals surface area contributed by atoms with Gasteiger partial charge in [-0.1, -0.05) is 42.5 Å². The Balaban J connectivity index is 1.19. The third-order valence-electron chi connectivity index (χ3n) is 6.51. The lowest BCUT2D eigenvalue weighted by atomic mass is 10.1. The fourth-order valence-corrected chi connectivity index (χ4v) is 5.15. The van der Waals surface area contributed by atoms with Crippen LogP contribution in [0.2, 0.25) is 0 Å².